The van der Waals surface area contributed by atoms with E-state index in [0.29, 0.717) is 0 Å². The third-order valence-electron chi connectivity index (χ3n) is 4.98. The van der Waals surface area contributed by atoms with E-state index in [4.69, 9.17) is 0 Å². The molecule has 0 aliphatic rings. The number of hydrogen-bond donors (Lipinski definition) is 0. The van der Waals surface area contributed by atoms with E-state index >= 15 is 0 Å². The van der Waals surface area contributed by atoms with Gasteiger partial charge in [-0.2, -0.15) is 0 Å². The second-order valence-electron chi connectivity index (χ2n) is 7.31. The maximum absolute atomic E-state index is 2.65. The third kappa shape index (κ3) is 3.75. The summed E-state index contributed by atoms with van der Waals surface area (Å²) < 4.78 is 1.57. The Labute approximate surface area is 177 Å². The van der Waals surface area contributed by atoms with Crippen LogP contribution in [-0.4, -0.2) is 17.0 Å². The van der Waals surface area contributed by atoms with Crippen LogP contribution in [0.4, 0.5) is 0 Å². The molecule has 2 heteroatoms. The first-order chi connectivity index (χ1) is 12.3. The molecule has 0 atom stereocenters. The summed E-state index contributed by atoms with van der Waals surface area (Å²) in [6.45, 7) is 13.4. The fraction of sp³-hybridized carbons (Fsp3) is 0.250. The van der Waals surface area contributed by atoms with Crippen LogP contribution in [0.25, 0.3) is 22.3 Å². The number of hydrogen-bond acceptors (Lipinski definition) is 0. The number of halogens is 1. The molecule has 3 aromatic carbocycles. The molecule has 0 aliphatic carbocycles. The summed E-state index contributed by atoms with van der Waals surface area (Å²) in [7, 11) is 0. The molecule has 0 amide bonds. The Morgan fingerprint density at radius 2 is 0.962 bits per heavy atom. The van der Waals surface area contributed by atoms with Crippen LogP contribution in [0.3, 0.4) is 0 Å². The first kappa shape index (κ1) is 19.9. The Morgan fingerprint density at radius 1 is 0.615 bits per heavy atom. The molecule has 0 saturated heterocycles. The Balaban J connectivity index is 2.32. The second-order valence-corrected chi connectivity index (χ2v) is 11.9. The summed E-state index contributed by atoms with van der Waals surface area (Å²) in [5, 5.41) is 0. The molecule has 26 heavy (non-hydrogen) atoms. The third-order valence-corrected chi connectivity index (χ3v) is 9.63. The zero-order chi connectivity index (χ0) is 19.0. The predicted octanol–water partition coefficient (Wildman–Crippen LogP) is 6.55. The molecule has 0 bridgehead atoms. The van der Waals surface area contributed by atoms with Crippen molar-refractivity contribution < 1.29 is 0 Å². The van der Waals surface area contributed by atoms with Crippen molar-refractivity contribution in [2.75, 3.05) is 0 Å². The zero-order valence-corrected chi connectivity index (χ0v) is 20.8. The molecule has 0 aromatic heterocycles. The molecule has 0 fully saturated rings. The van der Waals surface area contributed by atoms with Gasteiger partial charge in [0.05, 0.1) is 0 Å². The molecule has 0 nitrogen and oxygen atoms in total. The molecule has 0 unspecified atom stereocenters. The fourth-order valence-corrected chi connectivity index (χ4v) is 8.85. The molecular formula is C24H25ITe. The van der Waals surface area contributed by atoms with Crippen LogP contribution < -0.4 is 3.61 Å². The topological polar surface area (TPSA) is 0 Å². The first-order valence-electron chi connectivity index (χ1n) is 8.91. The average Bonchev–Trinajstić information content (AvgIpc) is 2.53. The van der Waals surface area contributed by atoms with Crippen molar-refractivity contribution in [2.45, 2.75) is 41.5 Å². The van der Waals surface area contributed by atoms with Gasteiger partial charge < -0.3 is 0 Å². The van der Waals surface area contributed by atoms with Crippen molar-refractivity contribution in [1.29, 1.82) is 0 Å². The first-order valence-corrected chi connectivity index (χ1v) is 16.9. The number of benzene rings is 3. The minimum absolute atomic E-state index is 0.280. The summed E-state index contributed by atoms with van der Waals surface area (Å²) >= 11 is 2.37. The Kier molecular flexibility index (Phi) is 6.17. The van der Waals surface area contributed by atoms with Crippen LogP contribution in [0, 0.1) is 41.5 Å². The van der Waals surface area contributed by atoms with E-state index < -0.39 is 0 Å². The second kappa shape index (κ2) is 8.05. The normalized spacial score (nSPS) is 11.0. The van der Waals surface area contributed by atoms with Crippen LogP contribution in [0.2, 0.25) is 0 Å². The number of aryl methyl sites for hydroxylation is 6. The van der Waals surface area contributed by atoms with Crippen molar-refractivity contribution >= 4 is 39.3 Å². The van der Waals surface area contributed by atoms with Crippen molar-refractivity contribution in [3.8, 4) is 22.3 Å². The van der Waals surface area contributed by atoms with Crippen LogP contribution in [-0.2, 0) is 0 Å². The molecule has 0 saturated carbocycles. The molecule has 3 rings (SSSR count). The van der Waals surface area contributed by atoms with E-state index in [1.165, 1.54) is 55.6 Å². The van der Waals surface area contributed by atoms with E-state index in [1.807, 2.05) is 0 Å². The molecule has 3 aromatic rings. The Hall–Kier alpha value is -0.820. The van der Waals surface area contributed by atoms with Gasteiger partial charge in [-0.3, -0.25) is 0 Å². The van der Waals surface area contributed by atoms with Crippen molar-refractivity contribution in [3.63, 3.8) is 0 Å². The van der Waals surface area contributed by atoms with Crippen molar-refractivity contribution in [1.82, 2.24) is 0 Å². The van der Waals surface area contributed by atoms with E-state index in [-0.39, 0.29) is 17.0 Å². The van der Waals surface area contributed by atoms with Gasteiger partial charge in [0, 0.05) is 0 Å². The minimum atomic E-state index is -0.280. The monoisotopic (exact) mass is 570 g/mol. The summed E-state index contributed by atoms with van der Waals surface area (Å²) in [5.41, 5.74) is 14.0. The SMILES string of the molecule is Cc1cc(C)c(-c2cccc(-c3c(C)cc(C)cc3C)c2[Te]I)c(C)c1. The quantitative estimate of drug-likeness (QED) is 0.249. The van der Waals surface area contributed by atoms with E-state index in [2.05, 4.69) is 103 Å². The molecule has 0 heterocycles. The van der Waals surface area contributed by atoms with Gasteiger partial charge in [-0.15, -0.1) is 0 Å². The van der Waals surface area contributed by atoms with Crippen molar-refractivity contribution in [3.05, 3.63) is 75.8 Å². The Morgan fingerprint density at radius 3 is 1.27 bits per heavy atom. The molecule has 0 spiro atoms. The summed E-state index contributed by atoms with van der Waals surface area (Å²) in [5.74, 6) is 0. The maximum atomic E-state index is 2.65. The Bertz CT molecular complexity index is 864. The zero-order valence-electron chi connectivity index (χ0n) is 16.3. The summed E-state index contributed by atoms with van der Waals surface area (Å²) in [4.78, 5) is 0. The van der Waals surface area contributed by atoms with Crippen LogP contribution in [0.15, 0.2) is 42.5 Å². The van der Waals surface area contributed by atoms with Crippen molar-refractivity contribution in [2.24, 2.45) is 0 Å². The van der Waals surface area contributed by atoms with E-state index in [1.54, 1.807) is 3.61 Å². The van der Waals surface area contributed by atoms with Gasteiger partial charge in [0.15, 0.2) is 0 Å². The fourth-order valence-electron chi connectivity index (χ4n) is 4.22. The summed E-state index contributed by atoms with van der Waals surface area (Å²) in [6, 6.07) is 16.1. The average molecular weight is 568 g/mol. The standard InChI is InChI=1S/C24H25ITe/c1-14-10-16(3)22(17(4)11-14)20-8-7-9-21(24(20)26-25)23-18(5)12-15(2)13-19(23)6/h7-13H,1-6H3. The van der Waals surface area contributed by atoms with E-state index in [0.717, 1.165) is 0 Å². The van der Waals surface area contributed by atoms with Gasteiger partial charge in [-0.05, 0) is 0 Å². The molecule has 134 valence electrons. The van der Waals surface area contributed by atoms with Crippen LogP contribution >= 0.6 is 18.7 Å². The summed E-state index contributed by atoms with van der Waals surface area (Å²) in [6.07, 6.45) is 0. The van der Waals surface area contributed by atoms with Crippen LogP contribution in [0.1, 0.15) is 33.4 Å². The van der Waals surface area contributed by atoms with Crippen LogP contribution in [0.5, 0.6) is 0 Å². The molecule has 0 radical (unpaired) electrons. The van der Waals surface area contributed by atoms with Gasteiger partial charge in [0.25, 0.3) is 0 Å². The molecule has 0 N–H and O–H groups in total. The molecular weight excluding hydrogens is 543 g/mol. The van der Waals surface area contributed by atoms with Gasteiger partial charge >= 0.3 is 179 Å². The predicted molar refractivity (Wildman–Crippen MR) is 125 cm³/mol. The number of rotatable bonds is 3. The van der Waals surface area contributed by atoms with Gasteiger partial charge in [0.1, 0.15) is 0 Å². The van der Waals surface area contributed by atoms with Gasteiger partial charge in [-0.1, -0.05) is 0 Å². The van der Waals surface area contributed by atoms with Gasteiger partial charge in [0.2, 0.25) is 0 Å². The van der Waals surface area contributed by atoms with Gasteiger partial charge in [-0.25, -0.2) is 0 Å². The van der Waals surface area contributed by atoms with E-state index in [9.17, 15) is 0 Å². The molecule has 0 aliphatic heterocycles.